The van der Waals surface area contributed by atoms with E-state index in [-0.39, 0.29) is 18.4 Å². The molecule has 108 valence electrons. The van der Waals surface area contributed by atoms with Gasteiger partial charge in [0.15, 0.2) is 5.82 Å². The molecular weight excluding hydrogens is 260 g/mol. The van der Waals surface area contributed by atoms with Crippen LogP contribution in [0.4, 0.5) is 5.82 Å². The molecule has 4 atom stereocenters. The van der Waals surface area contributed by atoms with Crippen molar-refractivity contribution < 1.29 is 15.3 Å². The maximum absolute atomic E-state index is 10.2. The molecule has 6 N–H and O–H groups in total. The van der Waals surface area contributed by atoms with Crippen molar-refractivity contribution in [3.63, 3.8) is 0 Å². The van der Waals surface area contributed by atoms with E-state index in [1.165, 1.54) is 0 Å². The van der Waals surface area contributed by atoms with Crippen LogP contribution in [0.15, 0.2) is 12.3 Å². The lowest BCUT2D eigenvalue weighted by molar-refractivity contribution is 0.00963. The largest absolute Gasteiger partial charge is 0.396 e. The third-order valence-electron chi connectivity index (χ3n) is 4.20. The summed E-state index contributed by atoms with van der Waals surface area (Å²) in [4.78, 5) is 3.98. The Kier molecular flexibility index (Phi) is 3.33. The van der Waals surface area contributed by atoms with Crippen molar-refractivity contribution in [2.45, 2.75) is 31.0 Å². The van der Waals surface area contributed by atoms with E-state index >= 15 is 0 Å². The summed E-state index contributed by atoms with van der Waals surface area (Å²) in [6, 6.07) is 1.79. The van der Waals surface area contributed by atoms with Crippen molar-refractivity contribution in [2.24, 2.45) is 5.92 Å². The number of fused-ring (bicyclic) bond motifs is 1. The molecule has 20 heavy (non-hydrogen) atoms. The van der Waals surface area contributed by atoms with Crippen LogP contribution in [0.2, 0.25) is 0 Å². The van der Waals surface area contributed by atoms with Crippen LogP contribution in [0.1, 0.15) is 24.5 Å². The van der Waals surface area contributed by atoms with E-state index in [0.29, 0.717) is 24.2 Å². The standard InChI is InChI=1S/C13H18N4O3/c14-13-10-7(1-3-15-13)9(16-17-10)8-5-6(2-4-18)11(19)12(8)20/h1,3,6,8,11-12,18-20H,2,4-5H2,(H2,14,15)(H,16,17)/t6-,8-,11+,12-/m0/s1. The molecule has 2 aromatic heterocycles. The summed E-state index contributed by atoms with van der Waals surface area (Å²) in [7, 11) is 0. The highest BCUT2D eigenvalue weighted by atomic mass is 16.3. The van der Waals surface area contributed by atoms with Crippen LogP contribution in [0.25, 0.3) is 10.9 Å². The smallest absolute Gasteiger partial charge is 0.151 e. The van der Waals surface area contributed by atoms with Crippen molar-refractivity contribution in [1.82, 2.24) is 15.2 Å². The molecule has 1 fully saturated rings. The molecule has 0 aromatic carbocycles. The summed E-state index contributed by atoms with van der Waals surface area (Å²) in [5.74, 6) is -0.0178. The Balaban J connectivity index is 1.97. The number of aromatic amines is 1. The second-order valence-electron chi connectivity index (χ2n) is 5.33. The van der Waals surface area contributed by atoms with Gasteiger partial charge in [-0.15, -0.1) is 0 Å². The van der Waals surface area contributed by atoms with E-state index in [4.69, 9.17) is 10.8 Å². The van der Waals surface area contributed by atoms with E-state index in [2.05, 4.69) is 15.2 Å². The number of nitrogen functional groups attached to an aromatic ring is 1. The number of hydrogen-bond donors (Lipinski definition) is 5. The molecule has 0 bridgehead atoms. The number of aliphatic hydroxyl groups is 3. The van der Waals surface area contributed by atoms with Gasteiger partial charge in [-0.05, 0) is 24.8 Å². The first kappa shape index (κ1) is 13.3. The van der Waals surface area contributed by atoms with Crippen LogP contribution < -0.4 is 5.73 Å². The van der Waals surface area contributed by atoms with Crippen LogP contribution in [0.5, 0.6) is 0 Å². The minimum absolute atomic E-state index is 0.00174. The van der Waals surface area contributed by atoms with E-state index in [9.17, 15) is 10.2 Å². The number of H-pyrrole nitrogens is 1. The highest BCUT2D eigenvalue weighted by Crippen LogP contribution is 2.41. The molecule has 2 heterocycles. The molecule has 0 amide bonds. The van der Waals surface area contributed by atoms with Crippen molar-refractivity contribution in [3.05, 3.63) is 18.0 Å². The van der Waals surface area contributed by atoms with E-state index in [1.807, 2.05) is 0 Å². The lowest BCUT2D eigenvalue weighted by Crippen LogP contribution is -2.28. The van der Waals surface area contributed by atoms with Crippen LogP contribution >= 0.6 is 0 Å². The second kappa shape index (κ2) is 5.01. The van der Waals surface area contributed by atoms with Crippen molar-refractivity contribution in [3.8, 4) is 0 Å². The molecule has 7 nitrogen and oxygen atoms in total. The van der Waals surface area contributed by atoms with Crippen molar-refractivity contribution in [1.29, 1.82) is 0 Å². The van der Waals surface area contributed by atoms with Gasteiger partial charge in [0.25, 0.3) is 0 Å². The zero-order chi connectivity index (χ0) is 14.3. The number of hydrogen-bond acceptors (Lipinski definition) is 6. The molecule has 1 aliphatic rings. The predicted octanol–water partition coefficient (Wildman–Crippen LogP) is -0.252. The Morgan fingerprint density at radius 1 is 1.35 bits per heavy atom. The maximum Gasteiger partial charge on any atom is 0.151 e. The van der Waals surface area contributed by atoms with Gasteiger partial charge in [-0.1, -0.05) is 0 Å². The maximum atomic E-state index is 10.2. The summed E-state index contributed by atoms with van der Waals surface area (Å²) < 4.78 is 0. The lowest BCUT2D eigenvalue weighted by atomic mass is 9.97. The predicted molar refractivity (Wildman–Crippen MR) is 72.9 cm³/mol. The van der Waals surface area contributed by atoms with Crippen molar-refractivity contribution in [2.75, 3.05) is 12.3 Å². The van der Waals surface area contributed by atoms with Gasteiger partial charge >= 0.3 is 0 Å². The lowest BCUT2D eigenvalue weighted by Gasteiger charge is -2.16. The highest BCUT2D eigenvalue weighted by Gasteiger charge is 2.43. The van der Waals surface area contributed by atoms with Crippen LogP contribution in [-0.2, 0) is 0 Å². The van der Waals surface area contributed by atoms with Crippen LogP contribution in [-0.4, -0.2) is 49.3 Å². The van der Waals surface area contributed by atoms with Crippen molar-refractivity contribution >= 4 is 16.7 Å². The average Bonchev–Trinajstić information content (AvgIpc) is 2.97. The normalized spacial score (nSPS) is 30.1. The first-order valence-corrected chi connectivity index (χ1v) is 6.69. The Hall–Kier alpha value is -1.70. The molecule has 0 saturated heterocycles. The van der Waals surface area contributed by atoms with Gasteiger partial charge in [0.05, 0.1) is 12.2 Å². The first-order chi connectivity index (χ1) is 9.63. The quantitative estimate of drug-likeness (QED) is 0.526. The number of nitrogens with zero attached hydrogens (tertiary/aromatic N) is 2. The summed E-state index contributed by atoms with van der Waals surface area (Å²) in [5, 5.41) is 37.2. The zero-order valence-electron chi connectivity index (χ0n) is 10.9. The molecule has 0 unspecified atom stereocenters. The van der Waals surface area contributed by atoms with Gasteiger partial charge in [0, 0.05) is 29.8 Å². The van der Waals surface area contributed by atoms with Crippen LogP contribution in [0, 0.1) is 5.92 Å². The molecule has 7 heteroatoms. The fourth-order valence-corrected chi connectivity index (χ4v) is 3.13. The number of aromatic nitrogens is 3. The van der Waals surface area contributed by atoms with E-state index in [1.54, 1.807) is 12.3 Å². The van der Waals surface area contributed by atoms with Gasteiger partial charge in [-0.2, -0.15) is 5.10 Å². The Morgan fingerprint density at radius 3 is 2.90 bits per heavy atom. The summed E-state index contributed by atoms with van der Waals surface area (Å²) >= 11 is 0. The summed E-state index contributed by atoms with van der Waals surface area (Å²) in [5.41, 5.74) is 7.11. The van der Waals surface area contributed by atoms with Gasteiger partial charge in [-0.25, -0.2) is 4.98 Å². The van der Waals surface area contributed by atoms with Crippen LogP contribution in [0.3, 0.4) is 0 Å². The Labute approximate surface area is 115 Å². The molecule has 0 spiro atoms. The van der Waals surface area contributed by atoms with Gasteiger partial charge in [0.1, 0.15) is 5.52 Å². The number of anilines is 1. The third-order valence-corrected chi connectivity index (χ3v) is 4.20. The SMILES string of the molecule is Nc1nccc2c([C@@H]3C[C@H](CCO)[C@@H](O)[C@H]3O)[nH]nc12. The Morgan fingerprint density at radius 2 is 2.15 bits per heavy atom. The molecule has 3 rings (SSSR count). The topological polar surface area (TPSA) is 128 Å². The number of nitrogens with one attached hydrogen (secondary N) is 1. The average molecular weight is 278 g/mol. The van der Waals surface area contributed by atoms with E-state index < -0.39 is 12.2 Å². The molecule has 1 saturated carbocycles. The van der Waals surface area contributed by atoms with E-state index in [0.717, 1.165) is 11.1 Å². The fraction of sp³-hybridized carbons (Fsp3) is 0.538. The van der Waals surface area contributed by atoms with Gasteiger partial charge in [0.2, 0.25) is 0 Å². The highest BCUT2D eigenvalue weighted by molar-refractivity contribution is 5.89. The molecule has 2 aromatic rings. The molecule has 0 radical (unpaired) electrons. The van der Waals surface area contributed by atoms with Gasteiger partial charge in [-0.3, -0.25) is 5.10 Å². The Bertz CT molecular complexity index is 615. The zero-order valence-corrected chi connectivity index (χ0v) is 10.9. The fourth-order valence-electron chi connectivity index (χ4n) is 3.13. The number of pyridine rings is 1. The number of nitrogens with two attached hydrogens (primary N) is 1. The number of rotatable bonds is 3. The monoisotopic (exact) mass is 278 g/mol. The summed E-state index contributed by atoms with van der Waals surface area (Å²) in [6.07, 6.45) is 0.973. The third kappa shape index (κ3) is 1.94. The van der Waals surface area contributed by atoms with Gasteiger partial charge < -0.3 is 21.1 Å². The molecule has 0 aliphatic heterocycles. The minimum Gasteiger partial charge on any atom is -0.396 e. The molecular formula is C13H18N4O3. The minimum atomic E-state index is -0.871. The summed E-state index contributed by atoms with van der Waals surface area (Å²) in [6.45, 7) is 0.00174. The molecule has 1 aliphatic carbocycles. The first-order valence-electron chi connectivity index (χ1n) is 6.69. The number of aliphatic hydroxyl groups excluding tert-OH is 3. The second-order valence-corrected chi connectivity index (χ2v) is 5.33.